The first-order chi connectivity index (χ1) is 8.99. The van der Waals surface area contributed by atoms with E-state index in [1.165, 1.54) is 24.3 Å². The fraction of sp³-hybridized carbons (Fsp3) is 0.417. The van der Waals surface area contributed by atoms with E-state index in [-0.39, 0.29) is 16.5 Å². The largest absolute Gasteiger partial charge is 0.478 e. The first kappa shape index (κ1) is 14.0. The van der Waals surface area contributed by atoms with Crippen molar-refractivity contribution in [3.63, 3.8) is 0 Å². The second-order valence-corrected chi connectivity index (χ2v) is 6.05. The second-order valence-electron chi connectivity index (χ2n) is 4.34. The molecule has 0 spiro atoms. The number of ether oxygens (including phenoxy) is 1. The van der Waals surface area contributed by atoms with Crippen LogP contribution in [-0.2, 0) is 14.8 Å². The summed E-state index contributed by atoms with van der Waals surface area (Å²) in [5, 5.41) is 8.76. The molecule has 0 radical (unpaired) electrons. The summed E-state index contributed by atoms with van der Waals surface area (Å²) in [5.41, 5.74) is 0.0602. The molecular formula is C12H15NO5S. The van der Waals surface area contributed by atoms with E-state index in [0.717, 1.165) is 0 Å². The molecule has 0 unspecified atom stereocenters. The molecule has 1 heterocycles. The molecule has 0 amide bonds. The van der Waals surface area contributed by atoms with Crippen LogP contribution in [0.2, 0.25) is 0 Å². The quantitative estimate of drug-likeness (QED) is 0.855. The van der Waals surface area contributed by atoms with Gasteiger partial charge in [0.25, 0.3) is 0 Å². The molecule has 6 nitrogen and oxygen atoms in total. The first-order valence-corrected chi connectivity index (χ1v) is 7.41. The van der Waals surface area contributed by atoms with Gasteiger partial charge >= 0.3 is 5.97 Å². The molecule has 7 heteroatoms. The van der Waals surface area contributed by atoms with Gasteiger partial charge in [-0.2, -0.15) is 0 Å². The van der Waals surface area contributed by atoms with Crippen molar-refractivity contribution in [2.24, 2.45) is 0 Å². The predicted molar refractivity (Wildman–Crippen MR) is 67.6 cm³/mol. The topological polar surface area (TPSA) is 92.7 Å². The average Bonchev–Trinajstić information content (AvgIpc) is 2.39. The maximum atomic E-state index is 12.1. The van der Waals surface area contributed by atoms with Crippen molar-refractivity contribution in [2.45, 2.75) is 23.8 Å². The van der Waals surface area contributed by atoms with E-state index in [0.29, 0.717) is 26.1 Å². The summed E-state index contributed by atoms with van der Waals surface area (Å²) in [6.07, 6.45) is 1.29. The number of carbonyl (C=O) groups is 1. The summed E-state index contributed by atoms with van der Waals surface area (Å²) in [6.45, 7) is 1.09. The van der Waals surface area contributed by atoms with Crippen molar-refractivity contribution in [3.05, 3.63) is 29.8 Å². The third-order valence-corrected chi connectivity index (χ3v) is 4.49. The number of carboxylic acid groups (broad SMARTS) is 1. The van der Waals surface area contributed by atoms with Gasteiger partial charge in [0.15, 0.2) is 0 Å². The van der Waals surface area contributed by atoms with Crippen LogP contribution in [0.15, 0.2) is 29.2 Å². The highest BCUT2D eigenvalue weighted by Crippen LogP contribution is 2.14. The third-order valence-electron chi connectivity index (χ3n) is 2.95. The van der Waals surface area contributed by atoms with Crippen LogP contribution in [0.3, 0.4) is 0 Å². The van der Waals surface area contributed by atoms with E-state index in [1.54, 1.807) is 0 Å². The van der Waals surface area contributed by atoms with Gasteiger partial charge in [-0.15, -0.1) is 0 Å². The molecule has 0 atom stereocenters. The predicted octanol–water partition coefficient (Wildman–Crippen LogP) is 0.842. The Morgan fingerprint density at radius 3 is 2.32 bits per heavy atom. The zero-order chi connectivity index (χ0) is 13.9. The van der Waals surface area contributed by atoms with Crippen molar-refractivity contribution in [3.8, 4) is 0 Å². The van der Waals surface area contributed by atoms with Crippen LogP contribution in [0.1, 0.15) is 23.2 Å². The number of benzene rings is 1. The molecule has 1 fully saturated rings. The lowest BCUT2D eigenvalue weighted by molar-refractivity contribution is 0.0696. The Morgan fingerprint density at radius 1 is 1.21 bits per heavy atom. The fourth-order valence-electron chi connectivity index (χ4n) is 1.88. The van der Waals surface area contributed by atoms with Crippen LogP contribution in [-0.4, -0.2) is 38.7 Å². The Labute approximate surface area is 111 Å². The smallest absolute Gasteiger partial charge is 0.335 e. The molecule has 1 saturated heterocycles. The van der Waals surface area contributed by atoms with E-state index < -0.39 is 16.0 Å². The van der Waals surface area contributed by atoms with Crippen molar-refractivity contribution in [1.82, 2.24) is 4.72 Å². The molecule has 1 aliphatic heterocycles. The molecule has 0 bridgehead atoms. The SMILES string of the molecule is O=C(O)c1ccc(S(=O)(=O)NC2CCOCC2)cc1. The molecule has 2 N–H and O–H groups in total. The molecule has 0 saturated carbocycles. The standard InChI is InChI=1S/C12H15NO5S/c14-12(15)9-1-3-11(4-2-9)19(16,17)13-10-5-7-18-8-6-10/h1-4,10,13H,5-8H2,(H,14,15). The van der Waals surface area contributed by atoms with Gasteiger partial charge in [-0.25, -0.2) is 17.9 Å². The lowest BCUT2D eigenvalue weighted by Gasteiger charge is -2.22. The van der Waals surface area contributed by atoms with Crippen LogP contribution in [0.25, 0.3) is 0 Å². The van der Waals surface area contributed by atoms with E-state index in [9.17, 15) is 13.2 Å². The monoisotopic (exact) mass is 285 g/mol. The van der Waals surface area contributed by atoms with Gasteiger partial charge in [0.1, 0.15) is 0 Å². The molecule has 104 valence electrons. The number of sulfonamides is 1. The molecule has 19 heavy (non-hydrogen) atoms. The lowest BCUT2D eigenvalue weighted by Crippen LogP contribution is -2.38. The van der Waals surface area contributed by atoms with Crippen molar-refractivity contribution < 1.29 is 23.1 Å². The van der Waals surface area contributed by atoms with Gasteiger partial charge in [-0.05, 0) is 37.1 Å². The van der Waals surface area contributed by atoms with Gasteiger partial charge in [0, 0.05) is 19.3 Å². The van der Waals surface area contributed by atoms with Crippen molar-refractivity contribution in [1.29, 1.82) is 0 Å². The molecule has 1 aromatic rings. The summed E-state index contributed by atoms with van der Waals surface area (Å²) >= 11 is 0. The Kier molecular flexibility index (Phi) is 4.18. The molecule has 0 aliphatic carbocycles. The summed E-state index contributed by atoms with van der Waals surface area (Å²) in [6, 6.07) is 5.02. The number of rotatable bonds is 4. The maximum absolute atomic E-state index is 12.1. The Bertz CT molecular complexity index is 546. The average molecular weight is 285 g/mol. The molecule has 1 aliphatic rings. The van der Waals surface area contributed by atoms with Gasteiger partial charge in [-0.3, -0.25) is 0 Å². The highest BCUT2D eigenvalue weighted by molar-refractivity contribution is 7.89. The minimum Gasteiger partial charge on any atom is -0.478 e. The number of hydrogen-bond donors (Lipinski definition) is 2. The van der Waals surface area contributed by atoms with Gasteiger partial charge in [0.05, 0.1) is 10.5 Å². The Morgan fingerprint density at radius 2 is 1.79 bits per heavy atom. The summed E-state index contributed by atoms with van der Waals surface area (Å²) < 4.78 is 31.9. The van der Waals surface area contributed by atoms with Crippen LogP contribution < -0.4 is 4.72 Å². The normalized spacial score (nSPS) is 17.3. The van der Waals surface area contributed by atoms with E-state index >= 15 is 0 Å². The van der Waals surface area contributed by atoms with Crippen molar-refractivity contribution >= 4 is 16.0 Å². The van der Waals surface area contributed by atoms with Crippen LogP contribution in [0.5, 0.6) is 0 Å². The minimum absolute atomic E-state index is 0.0602. The summed E-state index contributed by atoms with van der Waals surface area (Å²) in [7, 11) is -3.60. The van der Waals surface area contributed by atoms with Crippen molar-refractivity contribution in [2.75, 3.05) is 13.2 Å². The van der Waals surface area contributed by atoms with Crippen LogP contribution >= 0.6 is 0 Å². The van der Waals surface area contributed by atoms with E-state index in [4.69, 9.17) is 9.84 Å². The van der Waals surface area contributed by atoms with Crippen LogP contribution in [0, 0.1) is 0 Å². The molecule has 1 aromatic carbocycles. The minimum atomic E-state index is -3.60. The zero-order valence-corrected chi connectivity index (χ0v) is 11.0. The van der Waals surface area contributed by atoms with E-state index in [2.05, 4.69) is 4.72 Å². The second kappa shape index (κ2) is 5.68. The highest BCUT2D eigenvalue weighted by atomic mass is 32.2. The summed E-state index contributed by atoms with van der Waals surface area (Å²) in [5.74, 6) is -1.08. The first-order valence-electron chi connectivity index (χ1n) is 5.92. The molecule has 2 rings (SSSR count). The third kappa shape index (κ3) is 3.52. The zero-order valence-electron chi connectivity index (χ0n) is 10.2. The van der Waals surface area contributed by atoms with Crippen LogP contribution in [0.4, 0.5) is 0 Å². The van der Waals surface area contributed by atoms with Gasteiger partial charge in [-0.1, -0.05) is 0 Å². The fourth-order valence-corrected chi connectivity index (χ4v) is 3.18. The number of hydrogen-bond acceptors (Lipinski definition) is 4. The molecule has 0 aromatic heterocycles. The van der Waals surface area contributed by atoms with Gasteiger partial charge in [0.2, 0.25) is 10.0 Å². The highest BCUT2D eigenvalue weighted by Gasteiger charge is 2.22. The maximum Gasteiger partial charge on any atom is 0.335 e. The summed E-state index contributed by atoms with van der Waals surface area (Å²) in [4.78, 5) is 10.8. The Hall–Kier alpha value is -1.44. The number of carboxylic acids is 1. The lowest BCUT2D eigenvalue weighted by atomic mass is 10.1. The number of aromatic carboxylic acids is 1. The molecular weight excluding hydrogens is 270 g/mol. The van der Waals surface area contributed by atoms with E-state index in [1.807, 2.05) is 0 Å². The number of nitrogens with one attached hydrogen (secondary N) is 1. The Balaban J connectivity index is 2.12. The van der Waals surface area contributed by atoms with Gasteiger partial charge < -0.3 is 9.84 Å².